The summed E-state index contributed by atoms with van der Waals surface area (Å²) in [6.45, 7) is 1.15. The maximum atomic E-state index is 12.7. The van der Waals surface area contributed by atoms with Crippen LogP contribution in [-0.4, -0.2) is 36.8 Å². The molecule has 8 heteroatoms. The second-order valence-corrected chi connectivity index (χ2v) is 8.65. The Balaban J connectivity index is 1.58. The number of anilines is 1. The Morgan fingerprint density at radius 1 is 1.15 bits per heavy atom. The number of nitrogens with one attached hydrogen (secondary N) is 1. The first-order valence-electron chi connectivity index (χ1n) is 8.86. The minimum absolute atomic E-state index is 0.219. The summed E-state index contributed by atoms with van der Waals surface area (Å²) in [6, 6.07) is 8.86. The van der Waals surface area contributed by atoms with Gasteiger partial charge in [0.05, 0.1) is 4.90 Å². The molecule has 0 radical (unpaired) electrons. The van der Waals surface area contributed by atoms with Crippen LogP contribution in [-0.2, 0) is 10.0 Å². The summed E-state index contributed by atoms with van der Waals surface area (Å²) < 4.78 is 32.6. The fourth-order valence-electron chi connectivity index (χ4n) is 3.05. The minimum Gasteiger partial charge on any atom is -0.419 e. The van der Waals surface area contributed by atoms with Gasteiger partial charge >= 0.3 is 0 Å². The summed E-state index contributed by atoms with van der Waals surface area (Å²) >= 11 is 0. The highest BCUT2D eigenvalue weighted by Gasteiger charge is 2.27. The van der Waals surface area contributed by atoms with E-state index in [0.29, 0.717) is 36.5 Å². The molecule has 2 aliphatic rings. The van der Waals surface area contributed by atoms with Gasteiger partial charge in [0.15, 0.2) is 0 Å². The quantitative estimate of drug-likeness (QED) is 0.866. The van der Waals surface area contributed by atoms with Gasteiger partial charge in [-0.05, 0) is 49.9 Å². The van der Waals surface area contributed by atoms with E-state index in [2.05, 4.69) is 10.3 Å². The van der Waals surface area contributed by atoms with E-state index < -0.39 is 10.0 Å². The average molecular weight is 372 g/mol. The third kappa shape index (κ3) is 3.32. The van der Waals surface area contributed by atoms with Crippen LogP contribution in [0.4, 0.5) is 5.88 Å². The summed E-state index contributed by atoms with van der Waals surface area (Å²) in [5.41, 5.74) is 0.861. The van der Waals surface area contributed by atoms with Crippen molar-refractivity contribution in [3.8, 4) is 17.5 Å². The molecule has 1 aliphatic carbocycles. The fraction of sp³-hybridized carbons (Fsp3) is 0.444. The number of benzene rings is 1. The third-order valence-corrected chi connectivity index (χ3v) is 6.61. The molecule has 0 amide bonds. The highest BCUT2D eigenvalue weighted by atomic mass is 32.2. The monoisotopic (exact) mass is 372 g/mol. The smallest absolute Gasteiger partial charge is 0.243 e. The lowest BCUT2D eigenvalue weighted by atomic mass is 10.2. The molecule has 1 aromatic heterocycles. The average Bonchev–Trinajstić information content (AvgIpc) is 3.40. The number of nitrogens with zero attached hydrogens (tertiary/aromatic N) is 3. The molecule has 4 rings (SSSR count). The number of nitriles is 1. The summed E-state index contributed by atoms with van der Waals surface area (Å²) in [5, 5.41) is 12.4. The van der Waals surface area contributed by atoms with Crippen molar-refractivity contribution in [2.75, 3.05) is 18.4 Å². The van der Waals surface area contributed by atoms with Crippen molar-refractivity contribution in [1.82, 2.24) is 9.29 Å². The van der Waals surface area contributed by atoms with Crippen molar-refractivity contribution in [1.29, 1.82) is 5.26 Å². The predicted octanol–water partition coefficient (Wildman–Crippen LogP) is 2.96. The number of rotatable bonds is 5. The minimum atomic E-state index is -3.46. The molecule has 1 saturated carbocycles. The summed E-state index contributed by atoms with van der Waals surface area (Å²) in [5.74, 6) is 0.696. The molecule has 0 unspecified atom stereocenters. The molecule has 2 fully saturated rings. The number of aromatic nitrogens is 1. The maximum absolute atomic E-state index is 12.7. The second-order valence-electron chi connectivity index (χ2n) is 6.72. The zero-order valence-corrected chi connectivity index (χ0v) is 15.1. The van der Waals surface area contributed by atoms with Gasteiger partial charge in [-0.25, -0.2) is 8.42 Å². The van der Waals surface area contributed by atoms with Gasteiger partial charge in [0.25, 0.3) is 0 Å². The fourth-order valence-corrected chi connectivity index (χ4v) is 4.57. The first-order valence-corrected chi connectivity index (χ1v) is 10.3. The predicted molar refractivity (Wildman–Crippen MR) is 95.9 cm³/mol. The second kappa shape index (κ2) is 6.74. The molecule has 136 valence electrons. The van der Waals surface area contributed by atoms with Crippen LogP contribution < -0.4 is 5.32 Å². The van der Waals surface area contributed by atoms with Gasteiger partial charge < -0.3 is 9.73 Å². The van der Waals surface area contributed by atoms with E-state index in [1.165, 1.54) is 0 Å². The van der Waals surface area contributed by atoms with E-state index in [4.69, 9.17) is 4.42 Å². The number of hydrogen-bond donors (Lipinski definition) is 1. The summed E-state index contributed by atoms with van der Waals surface area (Å²) in [6.07, 6.45) is 5.00. The normalized spacial score (nSPS) is 18.4. The molecule has 1 saturated heterocycles. The van der Waals surface area contributed by atoms with E-state index in [1.54, 1.807) is 28.6 Å². The maximum Gasteiger partial charge on any atom is 0.243 e. The summed E-state index contributed by atoms with van der Waals surface area (Å²) in [4.78, 5) is 4.48. The van der Waals surface area contributed by atoms with Gasteiger partial charge in [-0.1, -0.05) is 6.42 Å². The van der Waals surface area contributed by atoms with E-state index in [1.807, 2.05) is 6.07 Å². The van der Waals surface area contributed by atoms with Crippen molar-refractivity contribution >= 4 is 15.9 Å². The van der Waals surface area contributed by atoms with E-state index in [0.717, 1.165) is 32.1 Å². The number of piperidine rings is 1. The molecular weight excluding hydrogens is 352 g/mol. The van der Waals surface area contributed by atoms with Gasteiger partial charge in [0.2, 0.25) is 27.5 Å². The standard InChI is InChI=1S/C18H20N4O3S/c19-12-16-18(20-14-6-7-14)25-17(21-16)13-4-8-15(9-5-13)26(23,24)22-10-2-1-3-11-22/h4-5,8-9,14,20H,1-3,6-7,10-11H2. The number of oxazole rings is 1. The Hall–Kier alpha value is -2.37. The lowest BCUT2D eigenvalue weighted by molar-refractivity contribution is 0.346. The SMILES string of the molecule is N#Cc1nc(-c2ccc(S(=O)(=O)N3CCCCC3)cc2)oc1NC1CC1. The molecule has 1 N–H and O–H groups in total. The zero-order valence-electron chi connectivity index (χ0n) is 14.3. The van der Waals surface area contributed by atoms with Crippen molar-refractivity contribution in [3.05, 3.63) is 30.0 Å². The first kappa shape index (κ1) is 17.1. The van der Waals surface area contributed by atoms with Gasteiger partial charge in [-0.2, -0.15) is 14.6 Å². The molecule has 0 atom stereocenters. The molecule has 0 spiro atoms. The number of sulfonamides is 1. The molecule has 1 aromatic carbocycles. The molecule has 26 heavy (non-hydrogen) atoms. The van der Waals surface area contributed by atoms with Gasteiger partial charge in [0.1, 0.15) is 6.07 Å². The van der Waals surface area contributed by atoms with Gasteiger partial charge in [-0.15, -0.1) is 0 Å². The molecule has 2 aromatic rings. The van der Waals surface area contributed by atoms with Crippen molar-refractivity contribution in [2.24, 2.45) is 0 Å². The molecular formula is C18H20N4O3S. The lowest BCUT2D eigenvalue weighted by Crippen LogP contribution is -2.35. The first-order chi connectivity index (χ1) is 12.6. The zero-order chi connectivity index (χ0) is 18.1. The molecule has 1 aliphatic heterocycles. The van der Waals surface area contributed by atoms with Crippen LogP contribution in [0.1, 0.15) is 37.8 Å². The van der Waals surface area contributed by atoms with Crippen LogP contribution in [0.2, 0.25) is 0 Å². The number of hydrogen-bond acceptors (Lipinski definition) is 6. The topological polar surface area (TPSA) is 99.2 Å². The van der Waals surface area contributed by atoms with E-state index >= 15 is 0 Å². The van der Waals surface area contributed by atoms with Crippen LogP contribution in [0.15, 0.2) is 33.6 Å². The Morgan fingerprint density at radius 3 is 2.46 bits per heavy atom. The third-order valence-electron chi connectivity index (χ3n) is 4.70. The Kier molecular flexibility index (Phi) is 4.42. The van der Waals surface area contributed by atoms with Crippen molar-refractivity contribution in [3.63, 3.8) is 0 Å². The van der Waals surface area contributed by atoms with Crippen molar-refractivity contribution in [2.45, 2.75) is 43.0 Å². The summed E-state index contributed by atoms with van der Waals surface area (Å²) in [7, 11) is -3.46. The lowest BCUT2D eigenvalue weighted by Gasteiger charge is -2.25. The van der Waals surface area contributed by atoms with Crippen LogP contribution in [0.3, 0.4) is 0 Å². The van der Waals surface area contributed by atoms with Crippen LogP contribution in [0, 0.1) is 11.3 Å². The highest BCUT2D eigenvalue weighted by molar-refractivity contribution is 7.89. The Labute approximate surface area is 152 Å². The van der Waals surface area contributed by atoms with E-state index in [9.17, 15) is 13.7 Å². The van der Waals surface area contributed by atoms with Crippen LogP contribution in [0.25, 0.3) is 11.5 Å². The van der Waals surface area contributed by atoms with Gasteiger partial charge in [-0.3, -0.25) is 0 Å². The van der Waals surface area contributed by atoms with E-state index in [-0.39, 0.29) is 10.6 Å². The largest absolute Gasteiger partial charge is 0.419 e. The Morgan fingerprint density at radius 2 is 1.85 bits per heavy atom. The van der Waals surface area contributed by atoms with Gasteiger partial charge in [0, 0.05) is 24.7 Å². The molecule has 2 heterocycles. The highest BCUT2D eigenvalue weighted by Crippen LogP contribution is 2.31. The molecule has 0 bridgehead atoms. The van der Waals surface area contributed by atoms with Crippen molar-refractivity contribution < 1.29 is 12.8 Å². The Bertz CT molecular complexity index is 934. The molecule has 7 nitrogen and oxygen atoms in total. The van der Waals surface area contributed by atoms with Crippen LogP contribution in [0.5, 0.6) is 0 Å². The van der Waals surface area contributed by atoms with Crippen LogP contribution >= 0.6 is 0 Å².